The Morgan fingerprint density at radius 3 is 2.45 bits per heavy atom. The summed E-state index contributed by atoms with van der Waals surface area (Å²) in [5.74, 6) is 0.971. The SMILES string of the molecule is Cc1ccc(Oc2nc(C)cc(C)c2C(N)=NO)cc1. The molecule has 0 bridgehead atoms. The molecule has 0 saturated carbocycles. The van der Waals surface area contributed by atoms with Gasteiger partial charge in [-0.1, -0.05) is 22.9 Å². The number of hydrogen-bond acceptors (Lipinski definition) is 4. The van der Waals surface area contributed by atoms with Crippen molar-refractivity contribution in [2.24, 2.45) is 10.9 Å². The summed E-state index contributed by atoms with van der Waals surface area (Å²) < 4.78 is 5.77. The van der Waals surface area contributed by atoms with Gasteiger partial charge in [0.05, 0.1) is 5.56 Å². The summed E-state index contributed by atoms with van der Waals surface area (Å²) in [6.45, 7) is 5.73. The molecule has 0 aliphatic rings. The van der Waals surface area contributed by atoms with Crippen LogP contribution in [0.1, 0.15) is 22.4 Å². The van der Waals surface area contributed by atoms with Crippen LogP contribution in [-0.2, 0) is 0 Å². The van der Waals surface area contributed by atoms with Gasteiger partial charge in [0.1, 0.15) is 5.75 Å². The van der Waals surface area contributed by atoms with Crippen molar-refractivity contribution in [2.75, 3.05) is 0 Å². The maximum atomic E-state index is 8.89. The van der Waals surface area contributed by atoms with E-state index in [0.717, 1.165) is 16.8 Å². The molecule has 0 amide bonds. The Morgan fingerprint density at radius 2 is 1.85 bits per heavy atom. The average molecular weight is 271 g/mol. The van der Waals surface area contributed by atoms with Crippen LogP contribution in [0.5, 0.6) is 11.6 Å². The van der Waals surface area contributed by atoms with Gasteiger partial charge in [0.2, 0.25) is 5.88 Å². The molecule has 1 aromatic carbocycles. The second-order valence-corrected chi connectivity index (χ2v) is 4.66. The van der Waals surface area contributed by atoms with Gasteiger partial charge in [0.25, 0.3) is 0 Å². The van der Waals surface area contributed by atoms with Crippen molar-refractivity contribution in [1.82, 2.24) is 4.98 Å². The van der Waals surface area contributed by atoms with Crippen LogP contribution in [0, 0.1) is 20.8 Å². The number of hydrogen-bond donors (Lipinski definition) is 2. The van der Waals surface area contributed by atoms with Crippen LogP contribution in [0.25, 0.3) is 0 Å². The molecule has 2 aromatic rings. The normalized spacial score (nSPS) is 11.4. The predicted molar refractivity (Wildman–Crippen MR) is 77.5 cm³/mol. The van der Waals surface area contributed by atoms with Crippen LogP contribution >= 0.6 is 0 Å². The van der Waals surface area contributed by atoms with E-state index in [9.17, 15) is 0 Å². The number of oxime groups is 1. The Labute approximate surface area is 117 Å². The Bertz CT molecular complexity index is 649. The first-order chi connectivity index (χ1) is 9.51. The molecule has 0 radical (unpaired) electrons. The van der Waals surface area contributed by atoms with Gasteiger partial charge in [0, 0.05) is 5.69 Å². The fourth-order valence-electron chi connectivity index (χ4n) is 1.96. The zero-order chi connectivity index (χ0) is 14.7. The van der Waals surface area contributed by atoms with Gasteiger partial charge < -0.3 is 15.7 Å². The van der Waals surface area contributed by atoms with Crippen LogP contribution < -0.4 is 10.5 Å². The van der Waals surface area contributed by atoms with Crippen LogP contribution in [-0.4, -0.2) is 16.0 Å². The fraction of sp³-hybridized carbons (Fsp3) is 0.200. The van der Waals surface area contributed by atoms with Gasteiger partial charge in [-0.3, -0.25) is 0 Å². The average Bonchev–Trinajstić information content (AvgIpc) is 2.40. The quantitative estimate of drug-likeness (QED) is 0.389. The monoisotopic (exact) mass is 271 g/mol. The van der Waals surface area contributed by atoms with E-state index >= 15 is 0 Å². The number of amidine groups is 1. The maximum Gasteiger partial charge on any atom is 0.230 e. The molecule has 5 nitrogen and oxygen atoms in total. The molecule has 5 heteroatoms. The number of nitrogens with two attached hydrogens (primary N) is 1. The van der Waals surface area contributed by atoms with Crippen LogP contribution in [0.2, 0.25) is 0 Å². The summed E-state index contributed by atoms with van der Waals surface area (Å²) in [7, 11) is 0. The zero-order valence-electron chi connectivity index (χ0n) is 11.7. The lowest BCUT2D eigenvalue weighted by atomic mass is 10.1. The minimum atomic E-state index is -0.0166. The minimum Gasteiger partial charge on any atom is -0.438 e. The molecule has 0 fully saturated rings. The first-order valence-electron chi connectivity index (χ1n) is 6.22. The predicted octanol–water partition coefficient (Wildman–Crippen LogP) is 2.89. The molecule has 0 unspecified atom stereocenters. The van der Waals surface area contributed by atoms with Crippen molar-refractivity contribution in [3.8, 4) is 11.6 Å². The van der Waals surface area contributed by atoms with E-state index in [0.29, 0.717) is 17.2 Å². The number of benzene rings is 1. The molecule has 0 aliphatic heterocycles. The lowest BCUT2D eigenvalue weighted by Crippen LogP contribution is -2.17. The van der Waals surface area contributed by atoms with Gasteiger partial charge in [-0.2, -0.15) is 0 Å². The van der Waals surface area contributed by atoms with E-state index in [-0.39, 0.29) is 5.84 Å². The summed E-state index contributed by atoms with van der Waals surface area (Å²) in [5, 5.41) is 11.9. The minimum absolute atomic E-state index is 0.0166. The largest absolute Gasteiger partial charge is 0.438 e. The van der Waals surface area contributed by atoms with E-state index in [4.69, 9.17) is 15.7 Å². The standard InChI is InChI=1S/C15H17N3O2/c1-9-4-6-12(7-5-9)20-15-13(14(16)18-19)10(2)8-11(3)17-15/h4-8,19H,1-3H3,(H2,16,18). The van der Waals surface area contributed by atoms with Crippen molar-refractivity contribution in [3.05, 3.63) is 52.7 Å². The van der Waals surface area contributed by atoms with Gasteiger partial charge in [-0.25, -0.2) is 4.98 Å². The summed E-state index contributed by atoms with van der Waals surface area (Å²) in [4.78, 5) is 4.33. The molecule has 0 atom stereocenters. The first-order valence-corrected chi connectivity index (χ1v) is 6.22. The highest BCUT2D eigenvalue weighted by atomic mass is 16.5. The third-order valence-corrected chi connectivity index (χ3v) is 2.91. The molecule has 0 spiro atoms. The Balaban J connectivity index is 2.47. The van der Waals surface area contributed by atoms with E-state index in [1.165, 1.54) is 0 Å². The lowest BCUT2D eigenvalue weighted by molar-refractivity contribution is 0.318. The molecule has 1 heterocycles. The van der Waals surface area contributed by atoms with Crippen molar-refractivity contribution >= 4 is 5.84 Å². The van der Waals surface area contributed by atoms with E-state index in [1.807, 2.05) is 51.1 Å². The number of rotatable bonds is 3. The van der Waals surface area contributed by atoms with Gasteiger partial charge in [-0.15, -0.1) is 0 Å². The number of ether oxygens (including phenoxy) is 1. The second kappa shape index (κ2) is 5.61. The van der Waals surface area contributed by atoms with Crippen LogP contribution in [0.4, 0.5) is 0 Å². The fourth-order valence-corrected chi connectivity index (χ4v) is 1.96. The third kappa shape index (κ3) is 2.88. The number of pyridine rings is 1. The van der Waals surface area contributed by atoms with Gasteiger partial charge in [-0.05, 0) is 44.5 Å². The molecule has 2 rings (SSSR count). The number of aryl methyl sites for hydroxylation is 3. The Kier molecular flexibility index (Phi) is 3.89. The molecular formula is C15H17N3O2. The highest BCUT2D eigenvalue weighted by Crippen LogP contribution is 2.26. The molecule has 0 aliphatic carbocycles. The third-order valence-electron chi connectivity index (χ3n) is 2.91. The van der Waals surface area contributed by atoms with Crippen molar-refractivity contribution < 1.29 is 9.94 Å². The summed E-state index contributed by atoms with van der Waals surface area (Å²) in [6.07, 6.45) is 0. The summed E-state index contributed by atoms with van der Waals surface area (Å²) >= 11 is 0. The van der Waals surface area contributed by atoms with Crippen LogP contribution in [0.3, 0.4) is 0 Å². The molecule has 20 heavy (non-hydrogen) atoms. The number of nitrogens with zero attached hydrogens (tertiary/aromatic N) is 2. The topological polar surface area (TPSA) is 80.7 Å². The molecule has 104 valence electrons. The zero-order valence-corrected chi connectivity index (χ0v) is 11.7. The maximum absolute atomic E-state index is 8.89. The highest BCUT2D eigenvalue weighted by molar-refractivity contribution is 6.00. The molecule has 3 N–H and O–H groups in total. The van der Waals surface area contributed by atoms with E-state index < -0.39 is 0 Å². The van der Waals surface area contributed by atoms with E-state index in [1.54, 1.807) is 0 Å². The van der Waals surface area contributed by atoms with Crippen molar-refractivity contribution in [2.45, 2.75) is 20.8 Å². The van der Waals surface area contributed by atoms with Crippen molar-refractivity contribution in [3.63, 3.8) is 0 Å². The van der Waals surface area contributed by atoms with Gasteiger partial charge >= 0.3 is 0 Å². The Hall–Kier alpha value is -2.56. The summed E-state index contributed by atoms with van der Waals surface area (Å²) in [5.41, 5.74) is 8.99. The molecular weight excluding hydrogens is 254 g/mol. The van der Waals surface area contributed by atoms with Crippen LogP contribution in [0.15, 0.2) is 35.5 Å². The highest BCUT2D eigenvalue weighted by Gasteiger charge is 2.15. The van der Waals surface area contributed by atoms with Gasteiger partial charge in [0.15, 0.2) is 5.84 Å². The van der Waals surface area contributed by atoms with E-state index in [2.05, 4.69) is 10.1 Å². The lowest BCUT2D eigenvalue weighted by Gasteiger charge is -2.12. The smallest absolute Gasteiger partial charge is 0.230 e. The second-order valence-electron chi connectivity index (χ2n) is 4.66. The first kappa shape index (κ1) is 13.9. The Morgan fingerprint density at radius 1 is 1.20 bits per heavy atom. The molecule has 0 saturated heterocycles. The van der Waals surface area contributed by atoms with Crippen molar-refractivity contribution in [1.29, 1.82) is 0 Å². The molecule has 1 aromatic heterocycles. The summed E-state index contributed by atoms with van der Waals surface area (Å²) in [6, 6.07) is 9.45. The number of aromatic nitrogens is 1.